The molecule has 2 rings (SSSR count). The van der Waals surface area contributed by atoms with E-state index in [1.54, 1.807) is 25.1 Å². The van der Waals surface area contributed by atoms with Crippen molar-refractivity contribution in [3.8, 4) is 0 Å². The van der Waals surface area contributed by atoms with Crippen LogP contribution in [0.4, 0.5) is 10.5 Å². The number of benzene rings is 2. The highest BCUT2D eigenvalue weighted by Gasteiger charge is 2.34. The first kappa shape index (κ1) is 19.1. The monoisotopic (exact) mass is 357 g/mol. The molecule has 1 atom stereocenters. The number of carbonyl (C=O) groups excluding carboxylic acids is 4. The minimum atomic E-state index is -1.59. The molecule has 0 aliphatic carbocycles. The number of fused-ring (bicyclic) bond motifs is 1. The number of methoxy groups -OCH3 is 1. The van der Waals surface area contributed by atoms with Crippen molar-refractivity contribution in [3.63, 3.8) is 0 Å². The zero-order valence-electron chi connectivity index (χ0n) is 14.7. The molecule has 0 bridgehead atoms. The fraction of sp³-hybridized carbons (Fsp3) is 0.263. The lowest BCUT2D eigenvalue weighted by atomic mass is 9.91. The summed E-state index contributed by atoms with van der Waals surface area (Å²) in [6, 6.07) is 10.3. The summed E-state index contributed by atoms with van der Waals surface area (Å²) in [5, 5.41) is 3.98. The second kappa shape index (κ2) is 8.24. The molecule has 7 heteroatoms. The first-order valence-electron chi connectivity index (χ1n) is 7.98. The normalized spacial score (nSPS) is 11.5. The summed E-state index contributed by atoms with van der Waals surface area (Å²) in [5.41, 5.74) is 0.185. The second-order valence-corrected chi connectivity index (χ2v) is 5.52. The van der Waals surface area contributed by atoms with Gasteiger partial charge in [-0.05, 0) is 36.8 Å². The Hall–Kier alpha value is -3.22. The molecule has 1 N–H and O–H groups in total. The van der Waals surface area contributed by atoms with Crippen LogP contribution in [0.15, 0.2) is 36.4 Å². The van der Waals surface area contributed by atoms with Gasteiger partial charge in [0.25, 0.3) is 0 Å². The highest BCUT2D eigenvalue weighted by Crippen LogP contribution is 2.27. The van der Waals surface area contributed by atoms with Crippen LogP contribution in [0.5, 0.6) is 0 Å². The van der Waals surface area contributed by atoms with Crippen LogP contribution in [0, 0.1) is 5.92 Å². The zero-order chi connectivity index (χ0) is 19.3. The van der Waals surface area contributed by atoms with E-state index in [4.69, 9.17) is 4.74 Å². The number of hydrogen-bond acceptors (Lipinski definition) is 6. The van der Waals surface area contributed by atoms with Gasteiger partial charge in [-0.3, -0.25) is 19.7 Å². The molecular weight excluding hydrogens is 338 g/mol. The molecule has 2 aromatic rings. The van der Waals surface area contributed by atoms with E-state index in [1.807, 2.05) is 12.1 Å². The number of Topliss-reactive ketones (excluding diaryl/α,β-unsaturated/α-hetero) is 2. The van der Waals surface area contributed by atoms with Gasteiger partial charge in [-0.25, -0.2) is 4.79 Å². The highest BCUT2D eigenvalue weighted by atomic mass is 16.5. The summed E-state index contributed by atoms with van der Waals surface area (Å²) in [4.78, 5) is 48.4. The summed E-state index contributed by atoms with van der Waals surface area (Å²) in [6.07, 6.45) is -0.741. The van der Waals surface area contributed by atoms with Gasteiger partial charge in [0.2, 0.25) is 0 Å². The van der Waals surface area contributed by atoms with Crippen LogP contribution in [0.2, 0.25) is 0 Å². The van der Waals surface area contributed by atoms with Crippen molar-refractivity contribution < 1.29 is 28.7 Å². The fourth-order valence-corrected chi connectivity index (χ4v) is 2.56. The van der Waals surface area contributed by atoms with Crippen LogP contribution in [0.3, 0.4) is 0 Å². The number of nitrogens with one attached hydrogen (secondary N) is 1. The van der Waals surface area contributed by atoms with E-state index >= 15 is 0 Å². The predicted molar refractivity (Wildman–Crippen MR) is 95.1 cm³/mol. The maximum Gasteiger partial charge on any atom is 0.411 e. The Morgan fingerprint density at radius 2 is 1.69 bits per heavy atom. The molecule has 0 aliphatic heterocycles. The number of esters is 1. The molecule has 0 heterocycles. The first-order valence-corrected chi connectivity index (χ1v) is 7.98. The minimum absolute atomic E-state index is 0.0300. The van der Waals surface area contributed by atoms with Crippen LogP contribution < -0.4 is 5.32 Å². The highest BCUT2D eigenvalue weighted by molar-refractivity contribution is 6.24. The largest absolute Gasteiger partial charge is 0.468 e. The molecule has 26 heavy (non-hydrogen) atoms. The number of carbonyl (C=O) groups is 4. The van der Waals surface area contributed by atoms with E-state index in [2.05, 4.69) is 10.1 Å². The number of amides is 1. The average Bonchev–Trinajstić information content (AvgIpc) is 2.60. The topological polar surface area (TPSA) is 98.8 Å². The smallest absolute Gasteiger partial charge is 0.411 e. The van der Waals surface area contributed by atoms with Crippen molar-refractivity contribution in [3.05, 3.63) is 42.0 Å². The van der Waals surface area contributed by atoms with Crippen LogP contribution in [0.1, 0.15) is 24.2 Å². The van der Waals surface area contributed by atoms with E-state index in [1.165, 1.54) is 6.07 Å². The van der Waals surface area contributed by atoms with Gasteiger partial charge in [0.05, 0.1) is 19.4 Å². The number of anilines is 1. The van der Waals surface area contributed by atoms with Crippen LogP contribution in [-0.4, -0.2) is 37.3 Å². The molecular formula is C19H19NO6. The Morgan fingerprint density at radius 1 is 1.08 bits per heavy atom. The van der Waals surface area contributed by atoms with Gasteiger partial charge in [-0.2, -0.15) is 0 Å². The lowest BCUT2D eigenvalue weighted by Gasteiger charge is -2.15. The van der Waals surface area contributed by atoms with Crippen molar-refractivity contribution in [2.45, 2.75) is 13.8 Å². The Labute approximate surface area is 150 Å². The van der Waals surface area contributed by atoms with Crippen LogP contribution in [0.25, 0.3) is 10.8 Å². The van der Waals surface area contributed by atoms with Gasteiger partial charge in [-0.1, -0.05) is 24.3 Å². The fourth-order valence-electron chi connectivity index (χ4n) is 2.56. The molecule has 1 unspecified atom stereocenters. The van der Waals surface area contributed by atoms with E-state index in [0.717, 1.165) is 24.8 Å². The predicted octanol–water partition coefficient (Wildman–Crippen LogP) is 2.97. The molecule has 136 valence electrons. The third kappa shape index (κ3) is 4.05. The summed E-state index contributed by atoms with van der Waals surface area (Å²) in [7, 11) is 1.10. The van der Waals surface area contributed by atoms with Crippen molar-refractivity contribution in [1.82, 2.24) is 0 Å². The third-order valence-electron chi connectivity index (χ3n) is 3.77. The Bertz CT molecular complexity index is 873. The third-order valence-corrected chi connectivity index (χ3v) is 3.77. The molecule has 2 aromatic carbocycles. The maximum absolute atomic E-state index is 12.9. The lowest BCUT2D eigenvalue weighted by molar-refractivity contribution is -0.146. The SMILES string of the molecule is CCOC(=O)Nc1cc2ccccc2cc1C(=O)C(C(C)=O)C(=O)OC. The quantitative estimate of drug-likeness (QED) is 0.485. The summed E-state index contributed by atoms with van der Waals surface area (Å²) in [5.74, 6) is -3.93. The van der Waals surface area contributed by atoms with Crippen LogP contribution >= 0.6 is 0 Å². The van der Waals surface area contributed by atoms with Gasteiger partial charge in [-0.15, -0.1) is 0 Å². The van der Waals surface area contributed by atoms with Crippen molar-refractivity contribution in [2.24, 2.45) is 5.92 Å². The van der Waals surface area contributed by atoms with Crippen LogP contribution in [-0.2, 0) is 19.1 Å². The second-order valence-electron chi connectivity index (χ2n) is 5.52. The maximum atomic E-state index is 12.9. The van der Waals surface area contributed by atoms with Crippen molar-refractivity contribution >= 4 is 40.1 Å². The summed E-state index contributed by atoms with van der Waals surface area (Å²) < 4.78 is 9.42. The number of hydrogen-bond donors (Lipinski definition) is 1. The molecule has 0 saturated heterocycles. The number of ketones is 2. The summed E-state index contributed by atoms with van der Waals surface area (Å²) >= 11 is 0. The summed E-state index contributed by atoms with van der Waals surface area (Å²) in [6.45, 7) is 2.94. The Kier molecular flexibility index (Phi) is 6.06. The van der Waals surface area contributed by atoms with Crippen molar-refractivity contribution in [2.75, 3.05) is 19.0 Å². The zero-order valence-corrected chi connectivity index (χ0v) is 14.7. The number of ether oxygens (including phenoxy) is 2. The van der Waals surface area contributed by atoms with Gasteiger partial charge in [0.15, 0.2) is 17.5 Å². The van der Waals surface area contributed by atoms with E-state index in [0.29, 0.717) is 0 Å². The van der Waals surface area contributed by atoms with Gasteiger partial charge in [0, 0.05) is 5.56 Å². The lowest BCUT2D eigenvalue weighted by Crippen LogP contribution is -2.32. The number of rotatable bonds is 6. The van der Waals surface area contributed by atoms with E-state index in [-0.39, 0.29) is 17.9 Å². The molecule has 1 amide bonds. The van der Waals surface area contributed by atoms with Gasteiger partial charge in [0.1, 0.15) is 0 Å². The Balaban J connectivity index is 2.58. The van der Waals surface area contributed by atoms with Crippen molar-refractivity contribution in [1.29, 1.82) is 0 Å². The molecule has 0 saturated carbocycles. The van der Waals surface area contributed by atoms with E-state index < -0.39 is 29.5 Å². The van der Waals surface area contributed by atoms with Gasteiger partial charge < -0.3 is 9.47 Å². The Morgan fingerprint density at radius 3 is 2.23 bits per heavy atom. The molecule has 0 radical (unpaired) electrons. The molecule has 7 nitrogen and oxygen atoms in total. The molecule has 0 fully saturated rings. The standard InChI is InChI=1S/C19H19NO6/c1-4-26-19(24)20-15-10-13-8-6-5-7-12(13)9-14(15)17(22)16(11(2)21)18(23)25-3/h5-10,16H,4H2,1-3H3,(H,20,24). The molecule has 0 aromatic heterocycles. The van der Waals surface area contributed by atoms with E-state index in [9.17, 15) is 19.2 Å². The average molecular weight is 357 g/mol. The molecule has 0 spiro atoms. The van der Waals surface area contributed by atoms with Gasteiger partial charge >= 0.3 is 12.1 Å². The molecule has 0 aliphatic rings. The minimum Gasteiger partial charge on any atom is -0.468 e. The first-order chi connectivity index (χ1) is 12.4.